The van der Waals surface area contributed by atoms with Crippen LogP contribution >= 0.6 is 47.2 Å². The number of hydrogen-bond acceptors (Lipinski definition) is 15. The third kappa shape index (κ3) is 14.6. The first-order chi connectivity index (χ1) is 39.2. The minimum Gasteiger partial charge on any atom is -0.495 e. The number of methoxy groups -OCH3 is 2. The van der Waals surface area contributed by atoms with Crippen LogP contribution in [-0.4, -0.2) is 150 Å². The summed E-state index contributed by atoms with van der Waals surface area (Å²) in [6, 6.07) is 2.63. The number of alkyl carbamates (subject to hydrolysis) is 1. The number of nitrogens with one attached hydrogen (secondary N) is 1. The standard InChI is InChI=1S/C34H46ClN3O10.C24H32O4.C5H11Cl2N.ClH/c1-18-11-10-12-26(45-9)34(43)17-25(46-32(42)36-34)19(2)30-33(5,48-30)27(47-31(41)20(3)37(6)21(4)39)16-28(40)38(7)23-14-22(13-18)15-24(44-8)29(23)35;1-14-12-18-19(22(4)9-6-17(27)13-21(14)22)7-10-23(5)20(18)8-11-24(23,15(2)25)28-16(3)26;1-3-8(4-2)5(6)7;/h10-12,14-15,19-20,25-27,30,43H,13,16-17H2,1-9H3,(H,36,42);12-13,18-20H,6-11H2,1-5H3;5H,3-4H2,1-2H3;1H/b12-10-,18-11-;;;/t19-,20+,25+,26-,27+,30+,33+,34+;18-,19+,20+,22-,23+,24+;;/m11../s1. The molecule has 474 valence electrons. The Labute approximate surface area is 523 Å². The Bertz CT molecular complexity index is 2820. The SMILES string of the molecule is CC(=O)O[C@]1(C(C)=O)CC[C@H]2[C@@H]3C=C(C)C4=CC(=O)CC[C@]4(C)[C@H]3CC[C@@]21C.CCN(CC)C(Cl)Cl.COc1cc2cc(c1Cl)N(C)C(=O)C[C@H](OC(=O)[C@H](C)N(C)C(C)=O)[C@]1(C)O[C@H]1[C@H](C)[C@@H]1C[C@@](O)(NC(=O)O1)[C@H](OC)/C=C\C=C(\C)C2.Cl. The van der Waals surface area contributed by atoms with E-state index >= 15 is 0 Å². The van der Waals surface area contributed by atoms with Crippen LogP contribution in [-0.2, 0) is 58.9 Å². The second-order valence-corrected chi connectivity index (χ2v) is 26.0. The van der Waals surface area contributed by atoms with Crippen molar-refractivity contribution >= 4 is 94.3 Å². The maximum absolute atomic E-state index is 14.0. The number of Topliss-reactive ketones (excluding diaryl/α,β-unsaturated/α-hetero) is 1. The minimum absolute atomic E-state index is 0. The van der Waals surface area contributed by atoms with E-state index in [1.54, 1.807) is 52.1 Å². The molecule has 3 heterocycles. The van der Waals surface area contributed by atoms with Gasteiger partial charge in [-0.1, -0.05) is 105 Å². The van der Waals surface area contributed by atoms with E-state index in [9.17, 15) is 38.7 Å². The fraction of sp³-hybridized carbons (Fsp3) is 0.667. The van der Waals surface area contributed by atoms with Crippen LogP contribution in [0.25, 0.3) is 0 Å². The molecule has 14 atom stereocenters. The lowest BCUT2D eigenvalue weighted by Gasteiger charge is -2.58. The smallest absolute Gasteiger partial charge is 0.409 e. The molecule has 22 heteroatoms. The minimum atomic E-state index is -1.81. The van der Waals surface area contributed by atoms with Crippen LogP contribution in [0.5, 0.6) is 5.75 Å². The lowest BCUT2D eigenvalue weighted by atomic mass is 9.47. The zero-order valence-corrected chi connectivity index (χ0v) is 55.3. The molecule has 4 fully saturated rings. The van der Waals surface area contributed by atoms with Crippen molar-refractivity contribution in [3.8, 4) is 5.75 Å². The molecule has 7 aliphatic rings. The molecule has 3 amide bonds. The average molecular weight is 1270 g/mol. The number of carbonyl (C=O) groups excluding carboxylic acids is 7. The van der Waals surface area contributed by atoms with Gasteiger partial charge in [-0.2, -0.15) is 0 Å². The van der Waals surface area contributed by atoms with Crippen LogP contribution in [0.3, 0.4) is 0 Å². The summed E-state index contributed by atoms with van der Waals surface area (Å²) in [5, 5.41) is 14.4. The normalized spacial score (nSPS) is 34.5. The van der Waals surface area contributed by atoms with Crippen molar-refractivity contribution in [2.75, 3.05) is 46.3 Å². The number of amides is 3. The largest absolute Gasteiger partial charge is 0.495 e. The second kappa shape index (κ2) is 28.3. The van der Waals surface area contributed by atoms with Gasteiger partial charge in [0, 0.05) is 59.2 Å². The number of ketones is 2. The molecule has 0 unspecified atom stereocenters. The first-order valence-corrected chi connectivity index (χ1v) is 30.5. The van der Waals surface area contributed by atoms with E-state index in [0.717, 1.165) is 49.9 Å². The number of alkyl halides is 2. The van der Waals surface area contributed by atoms with E-state index in [2.05, 4.69) is 32.2 Å². The van der Waals surface area contributed by atoms with E-state index in [1.165, 1.54) is 63.0 Å². The zero-order chi connectivity index (χ0) is 62.8. The molecule has 18 nitrogen and oxygen atoms in total. The molecule has 0 spiro atoms. The summed E-state index contributed by atoms with van der Waals surface area (Å²) in [7, 11) is 5.97. The number of esters is 2. The predicted octanol–water partition coefficient (Wildman–Crippen LogP) is 10.6. The molecule has 4 aliphatic carbocycles. The molecule has 4 bridgehead atoms. The number of halogens is 4. The van der Waals surface area contributed by atoms with Crippen molar-refractivity contribution in [1.82, 2.24) is 15.1 Å². The molecular weight excluding hydrogens is 1180 g/mol. The number of fused-ring (bicyclic) bond motifs is 10. The van der Waals surface area contributed by atoms with Crippen LogP contribution in [0.1, 0.15) is 140 Å². The number of benzene rings is 1. The van der Waals surface area contributed by atoms with Gasteiger partial charge in [0.2, 0.25) is 11.8 Å². The first-order valence-electron chi connectivity index (χ1n) is 29.2. The maximum Gasteiger partial charge on any atom is 0.409 e. The van der Waals surface area contributed by atoms with Crippen LogP contribution in [0.4, 0.5) is 10.5 Å². The van der Waals surface area contributed by atoms with Crippen molar-refractivity contribution in [3.05, 3.63) is 69.8 Å². The first kappa shape index (κ1) is 71.2. The summed E-state index contributed by atoms with van der Waals surface area (Å²) in [6.45, 7) is 23.8. The number of rotatable bonds is 10. The summed E-state index contributed by atoms with van der Waals surface area (Å²) in [4.78, 5) is 93.1. The lowest BCUT2D eigenvalue weighted by Crippen LogP contribution is -2.63. The fourth-order valence-corrected chi connectivity index (χ4v) is 15.1. The van der Waals surface area contributed by atoms with Gasteiger partial charge in [0.1, 0.15) is 40.7 Å². The van der Waals surface area contributed by atoms with Gasteiger partial charge >= 0.3 is 18.0 Å². The van der Waals surface area contributed by atoms with Crippen LogP contribution in [0, 0.1) is 34.5 Å². The van der Waals surface area contributed by atoms with E-state index in [1.807, 2.05) is 37.8 Å². The third-order valence-corrected chi connectivity index (χ3v) is 20.5. The number of anilines is 1. The third-order valence-electron chi connectivity index (χ3n) is 19.6. The summed E-state index contributed by atoms with van der Waals surface area (Å²) < 4.78 is 34.7. The molecule has 3 aliphatic heterocycles. The summed E-state index contributed by atoms with van der Waals surface area (Å²) in [6.07, 6.45) is 10.2. The van der Waals surface area contributed by atoms with E-state index in [4.69, 9.17) is 63.2 Å². The number of likely N-dealkylation sites (N-methyl/N-ethyl adjacent to an activating group) is 1. The molecule has 0 aromatic heterocycles. The summed E-state index contributed by atoms with van der Waals surface area (Å²) >= 11 is 17.8. The van der Waals surface area contributed by atoms with Crippen molar-refractivity contribution in [1.29, 1.82) is 0 Å². The Morgan fingerprint density at radius 3 is 2.19 bits per heavy atom. The summed E-state index contributed by atoms with van der Waals surface area (Å²) in [5.41, 5.74) is 0.282. The molecule has 0 radical (unpaired) electrons. The number of hydrogen-bond donors (Lipinski definition) is 2. The van der Waals surface area contributed by atoms with Gasteiger partial charge in [-0.3, -0.25) is 34.2 Å². The van der Waals surface area contributed by atoms with Crippen LogP contribution < -0.4 is 15.0 Å². The highest BCUT2D eigenvalue weighted by Gasteiger charge is 2.68. The van der Waals surface area contributed by atoms with Gasteiger partial charge in [0.25, 0.3) is 0 Å². The van der Waals surface area contributed by atoms with Crippen LogP contribution in [0.2, 0.25) is 5.02 Å². The molecule has 2 N–H and O–H groups in total. The number of allylic oxidation sites excluding steroid dienone is 7. The van der Waals surface area contributed by atoms with Gasteiger partial charge in [-0.15, -0.1) is 12.4 Å². The Hall–Kier alpha value is -4.53. The number of epoxide rings is 1. The zero-order valence-electron chi connectivity index (χ0n) is 52.2. The average Bonchev–Trinajstić information content (AvgIpc) is 1.71. The van der Waals surface area contributed by atoms with Gasteiger partial charge in [0.05, 0.1) is 25.3 Å². The summed E-state index contributed by atoms with van der Waals surface area (Å²) in [5.74, 6) is -0.604. The highest BCUT2D eigenvalue weighted by molar-refractivity contribution is 6.43. The Kier molecular flexibility index (Phi) is 23.7. The highest BCUT2D eigenvalue weighted by Crippen LogP contribution is 2.68. The van der Waals surface area contributed by atoms with Crippen molar-refractivity contribution in [2.24, 2.45) is 34.5 Å². The van der Waals surface area contributed by atoms with Gasteiger partial charge in [-0.05, 0) is 139 Å². The number of aliphatic hydroxyl groups is 1. The highest BCUT2D eigenvalue weighted by atomic mass is 35.5. The Morgan fingerprint density at radius 2 is 1.62 bits per heavy atom. The Morgan fingerprint density at radius 1 is 0.976 bits per heavy atom. The molecular formula is C63H90Cl4N4O14. The van der Waals surface area contributed by atoms with Gasteiger partial charge in [-0.25, -0.2) is 9.59 Å². The molecule has 2 saturated carbocycles. The van der Waals surface area contributed by atoms with E-state index < -0.39 is 71.3 Å². The van der Waals surface area contributed by atoms with E-state index in [0.29, 0.717) is 48.5 Å². The van der Waals surface area contributed by atoms with Crippen molar-refractivity contribution < 1.29 is 67.1 Å². The van der Waals surface area contributed by atoms with Crippen LogP contribution in [0.15, 0.2) is 59.2 Å². The van der Waals surface area contributed by atoms with Gasteiger partial charge in [0.15, 0.2) is 27.9 Å². The van der Waals surface area contributed by atoms with Crippen molar-refractivity contribution in [2.45, 2.75) is 193 Å². The molecule has 85 heavy (non-hydrogen) atoms. The quantitative estimate of drug-likeness (QED) is 0.0731. The number of ether oxygens (including phenoxy) is 6. The van der Waals surface area contributed by atoms with Gasteiger partial charge < -0.3 is 43.3 Å². The predicted molar refractivity (Wildman–Crippen MR) is 329 cm³/mol. The lowest BCUT2D eigenvalue weighted by molar-refractivity contribution is -0.185. The second-order valence-electron chi connectivity index (χ2n) is 24.6. The Balaban J connectivity index is 0.000000299. The van der Waals surface area contributed by atoms with Crippen molar-refractivity contribution in [3.63, 3.8) is 0 Å². The fourth-order valence-electron chi connectivity index (χ4n) is 14.3. The number of nitrogens with zero attached hydrogens (tertiary/aromatic N) is 3. The topological polar surface area (TPSA) is 220 Å². The monoisotopic (exact) mass is 1270 g/mol. The molecule has 1 aromatic carbocycles. The molecule has 1 aromatic rings. The molecule has 8 rings (SSSR count). The molecule has 2 saturated heterocycles. The number of carbonyl (C=O) groups is 7. The maximum atomic E-state index is 14.0. The van der Waals surface area contributed by atoms with E-state index in [-0.39, 0.29) is 69.5 Å².